The first-order valence-corrected chi connectivity index (χ1v) is 10.7. The second-order valence-corrected chi connectivity index (χ2v) is 8.40. The van der Waals surface area contributed by atoms with Crippen molar-refractivity contribution in [2.45, 2.75) is 4.90 Å². The topological polar surface area (TPSA) is 84.9 Å². The van der Waals surface area contributed by atoms with Crippen LogP contribution in [0.5, 0.6) is 11.5 Å². The normalized spacial score (nSPS) is 11.0. The average molecular weight is 462 g/mol. The molecule has 32 heavy (non-hydrogen) atoms. The molecule has 3 rings (SSSR count). The minimum Gasteiger partial charge on any atom is -0.493 e. The van der Waals surface area contributed by atoms with Crippen LogP contribution in [0.15, 0.2) is 71.6 Å². The van der Waals surface area contributed by atoms with Gasteiger partial charge in [-0.2, -0.15) is 0 Å². The van der Waals surface area contributed by atoms with Crippen molar-refractivity contribution in [3.8, 4) is 11.5 Å². The highest BCUT2D eigenvalue weighted by Gasteiger charge is 2.28. The number of methoxy groups -OCH3 is 2. The lowest BCUT2D eigenvalue weighted by atomic mass is 10.3. The fraction of sp³-hybridized carbons (Fsp3) is 0.136. The molecule has 0 spiro atoms. The highest BCUT2D eigenvalue weighted by molar-refractivity contribution is 7.92. The zero-order chi connectivity index (χ0) is 23.3. The number of ether oxygens (including phenoxy) is 2. The predicted octanol–water partition coefficient (Wildman–Crippen LogP) is 3.82. The fourth-order valence-electron chi connectivity index (χ4n) is 2.92. The number of anilines is 2. The number of hydrogen-bond donors (Lipinski definition) is 1. The Hall–Kier alpha value is -3.66. The lowest BCUT2D eigenvalue weighted by Gasteiger charge is -2.24. The molecule has 0 aliphatic heterocycles. The van der Waals surface area contributed by atoms with E-state index in [1.807, 2.05) is 0 Å². The van der Waals surface area contributed by atoms with Crippen molar-refractivity contribution in [1.82, 2.24) is 0 Å². The number of halogens is 2. The van der Waals surface area contributed by atoms with E-state index < -0.39 is 34.1 Å². The van der Waals surface area contributed by atoms with Crippen molar-refractivity contribution in [3.05, 3.63) is 78.4 Å². The Morgan fingerprint density at radius 1 is 0.938 bits per heavy atom. The van der Waals surface area contributed by atoms with Crippen LogP contribution >= 0.6 is 0 Å². The molecule has 0 saturated heterocycles. The van der Waals surface area contributed by atoms with Crippen LogP contribution in [-0.4, -0.2) is 35.1 Å². The molecule has 0 radical (unpaired) electrons. The van der Waals surface area contributed by atoms with E-state index in [4.69, 9.17) is 9.47 Å². The molecule has 0 bridgehead atoms. The monoisotopic (exact) mass is 462 g/mol. The summed E-state index contributed by atoms with van der Waals surface area (Å²) in [6, 6.07) is 14.6. The summed E-state index contributed by atoms with van der Waals surface area (Å²) in [5.41, 5.74) is -0.0510. The molecule has 0 atom stereocenters. The number of rotatable bonds is 8. The summed E-state index contributed by atoms with van der Waals surface area (Å²) in [5, 5.41) is 2.27. The number of carbonyl (C=O) groups is 1. The zero-order valence-electron chi connectivity index (χ0n) is 17.2. The van der Waals surface area contributed by atoms with Gasteiger partial charge in [-0.05, 0) is 36.4 Å². The minimum absolute atomic E-state index is 0.139. The number of nitrogens with zero attached hydrogens (tertiary/aromatic N) is 1. The van der Waals surface area contributed by atoms with Crippen LogP contribution in [0.1, 0.15) is 0 Å². The van der Waals surface area contributed by atoms with Crippen LogP contribution in [0.2, 0.25) is 0 Å². The highest BCUT2D eigenvalue weighted by atomic mass is 32.2. The Kier molecular flexibility index (Phi) is 6.94. The standard InChI is InChI=1S/C22H20F2N2O5S/c1-30-20-11-9-17(13-21(20)31-2)32(28,29)26(16-6-4-3-5-7-16)14-22(27)25-19-10-8-15(23)12-18(19)24/h3-13H,14H2,1-2H3,(H,25,27). The van der Waals surface area contributed by atoms with Gasteiger partial charge in [0.2, 0.25) is 5.91 Å². The van der Waals surface area contributed by atoms with Crippen LogP contribution in [0.4, 0.5) is 20.2 Å². The van der Waals surface area contributed by atoms with Crippen molar-refractivity contribution in [3.63, 3.8) is 0 Å². The number of carbonyl (C=O) groups excluding carboxylic acids is 1. The van der Waals surface area contributed by atoms with Crippen LogP contribution in [-0.2, 0) is 14.8 Å². The number of para-hydroxylation sites is 1. The maximum Gasteiger partial charge on any atom is 0.264 e. The van der Waals surface area contributed by atoms with Gasteiger partial charge in [-0.25, -0.2) is 17.2 Å². The van der Waals surface area contributed by atoms with E-state index in [1.54, 1.807) is 18.2 Å². The third-order valence-electron chi connectivity index (χ3n) is 4.48. The van der Waals surface area contributed by atoms with E-state index in [-0.39, 0.29) is 22.0 Å². The molecule has 0 unspecified atom stereocenters. The number of nitrogens with one attached hydrogen (secondary N) is 1. The molecule has 7 nitrogen and oxygen atoms in total. The number of sulfonamides is 1. The van der Waals surface area contributed by atoms with Gasteiger partial charge in [0.25, 0.3) is 10.0 Å². The average Bonchev–Trinajstić information content (AvgIpc) is 2.79. The molecule has 0 aliphatic rings. The first kappa shape index (κ1) is 23.0. The maximum absolute atomic E-state index is 13.9. The van der Waals surface area contributed by atoms with Gasteiger partial charge in [0.15, 0.2) is 11.5 Å². The maximum atomic E-state index is 13.9. The Morgan fingerprint density at radius 3 is 2.25 bits per heavy atom. The zero-order valence-corrected chi connectivity index (χ0v) is 18.0. The SMILES string of the molecule is COc1ccc(S(=O)(=O)N(CC(=O)Nc2ccc(F)cc2F)c2ccccc2)cc1OC. The van der Waals surface area contributed by atoms with Crippen molar-refractivity contribution < 1.29 is 31.5 Å². The van der Waals surface area contributed by atoms with E-state index in [0.29, 0.717) is 11.8 Å². The molecule has 168 valence electrons. The predicted molar refractivity (Wildman–Crippen MR) is 116 cm³/mol. The quantitative estimate of drug-likeness (QED) is 0.550. The Morgan fingerprint density at radius 2 is 1.62 bits per heavy atom. The molecule has 0 aromatic heterocycles. The van der Waals surface area contributed by atoms with Crippen LogP contribution in [0.3, 0.4) is 0 Å². The fourth-order valence-corrected chi connectivity index (χ4v) is 4.36. The summed E-state index contributed by atoms with van der Waals surface area (Å²) in [4.78, 5) is 12.5. The molecule has 3 aromatic rings. The summed E-state index contributed by atoms with van der Waals surface area (Å²) >= 11 is 0. The van der Waals surface area contributed by atoms with Gasteiger partial charge in [-0.3, -0.25) is 9.10 Å². The first-order valence-electron chi connectivity index (χ1n) is 9.31. The summed E-state index contributed by atoms with van der Waals surface area (Å²) in [7, 11) is -1.45. The summed E-state index contributed by atoms with van der Waals surface area (Å²) in [6.07, 6.45) is 0. The Bertz CT molecular complexity index is 1220. The molecule has 0 fully saturated rings. The summed E-state index contributed by atoms with van der Waals surface area (Å²) < 4.78 is 65.1. The lowest BCUT2D eigenvalue weighted by molar-refractivity contribution is -0.114. The smallest absolute Gasteiger partial charge is 0.264 e. The first-order chi connectivity index (χ1) is 15.3. The Balaban J connectivity index is 1.96. The van der Waals surface area contributed by atoms with Crippen LogP contribution < -0.4 is 19.1 Å². The number of benzene rings is 3. The van der Waals surface area contributed by atoms with Crippen LogP contribution in [0.25, 0.3) is 0 Å². The van der Waals surface area contributed by atoms with E-state index in [2.05, 4.69) is 5.32 Å². The molecule has 0 aliphatic carbocycles. The van der Waals surface area contributed by atoms with Gasteiger partial charge in [0, 0.05) is 12.1 Å². The van der Waals surface area contributed by atoms with Gasteiger partial charge < -0.3 is 14.8 Å². The third-order valence-corrected chi connectivity index (χ3v) is 6.25. The van der Waals surface area contributed by atoms with Gasteiger partial charge in [0.05, 0.1) is 30.5 Å². The van der Waals surface area contributed by atoms with Gasteiger partial charge in [-0.15, -0.1) is 0 Å². The molecule has 3 aromatic carbocycles. The second-order valence-electron chi connectivity index (χ2n) is 6.54. The van der Waals surface area contributed by atoms with Gasteiger partial charge in [0.1, 0.15) is 18.2 Å². The van der Waals surface area contributed by atoms with Crippen LogP contribution in [0, 0.1) is 11.6 Å². The molecule has 0 saturated carbocycles. The van der Waals surface area contributed by atoms with Gasteiger partial charge in [-0.1, -0.05) is 18.2 Å². The number of hydrogen-bond acceptors (Lipinski definition) is 5. The largest absolute Gasteiger partial charge is 0.493 e. The highest BCUT2D eigenvalue weighted by Crippen LogP contribution is 2.32. The molecule has 0 heterocycles. The molecular weight excluding hydrogens is 442 g/mol. The third kappa shape index (κ3) is 4.97. The lowest BCUT2D eigenvalue weighted by Crippen LogP contribution is -2.38. The van der Waals surface area contributed by atoms with Gasteiger partial charge >= 0.3 is 0 Å². The molecule has 1 amide bonds. The Labute approximate surface area is 184 Å². The van der Waals surface area contributed by atoms with Crippen molar-refractivity contribution >= 4 is 27.3 Å². The van der Waals surface area contributed by atoms with E-state index in [0.717, 1.165) is 16.4 Å². The molecule has 10 heteroatoms. The van der Waals surface area contributed by atoms with E-state index >= 15 is 0 Å². The van der Waals surface area contributed by atoms with Crippen molar-refractivity contribution in [1.29, 1.82) is 0 Å². The molecule has 1 N–H and O–H groups in total. The van der Waals surface area contributed by atoms with Crippen molar-refractivity contribution in [2.75, 3.05) is 30.4 Å². The molecular formula is C22H20F2N2O5S. The summed E-state index contributed by atoms with van der Waals surface area (Å²) in [5.74, 6) is -2.07. The van der Waals surface area contributed by atoms with Crippen molar-refractivity contribution in [2.24, 2.45) is 0 Å². The van der Waals surface area contributed by atoms with E-state index in [1.165, 1.54) is 44.6 Å². The second kappa shape index (κ2) is 9.65. The summed E-state index contributed by atoms with van der Waals surface area (Å²) in [6.45, 7) is -0.655. The van der Waals surface area contributed by atoms with E-state index in [9.17, 15) is 22.0 Å². The number of amides is 1. The minimum atomic E-state index is -4.23.